The number of aromatic nitrogens is 4. The van der Waals surface area contributed by atoms with Gasteiger partial charge in [-0.25, -0.2) is 19.3 Å². The maximum absolute atomic E-state index is 12.6. The van der Waals surface area contributed by atoms with Crippen molar-refractivity contribution in [2.24, 2.45) is 0 Å². The minimum absolute atomic E-state index is 0.0460. The summed E-state index contributed by atoms with van der Waals surface area (Å²) in [7, 11) is 0. The summed E-state index contributed by atoms with van der Waals surface area (Å²) in [6, 6.07) is 14.6. The van der Waals surface area contributed by atoms with E-state index in [-0.39, 0.29) is 5.82 Å². The van der Waals surface area contributed by atoms with Gasteiger partial charge in [-0.1, -0.05) is 23.8 Å². The van der Waals surface area contributed by atoms with E-state index in [1.54, 1.807) is 28.9 Å². The van der Waals surface area contributed by atoms with E-state index in [0.717, 1.165) is 25.0 Å². The van der Waals surface area contributed by atoms with Gasteiger partial charge in [0.2, 0.25) is 0 Å². The van der Waals surface area contributed by atoms with E-state index < -0.39 is 23.7 Å². The van der Waals surface area contributed by atoms with Crippen molar-refractivity contribution in [2.45, 2.75) is 32.5 Å². The molecule has 3 aromatic heterocycles. The molecule has 11 heteroatoms. The van der Waals surface area contributed by atoms with E-state index in [1.807, 2.05) is 31.2 Å². The van der Waals surface area contributed by atoms with Crippen molar-refractivity contribution in [1.82, 2.24) is 19.6 Å². The average molecular weight is 483 g/mol. The topological polar surface area (TPSA) is 98.5 Å². The van der Waals surface area contributed by atoms with Crippen molar-refractivity contribution in [1.29, 1.82) is 0 Å². The second-order valence-electron chi connectivity index (χ2n) is 8.25. The summed E-state index contributed by atoms with van der Waals surface area (Å²) >= 11 is 0. The number of nitrogens with zero attached hydrogens (tertiary/aromatic N) is 4. The van der Waals surface area contributed by atoms with E-state index >= 15 is 0 Å². The van der Waals surface area contributed by atoms with Gasteiger partial charge in [-0.05, 0) is 51.1 Å². The van der Waals surface area contributed by atoms with Gasteiger partial charge in [0.05, 0.1) is 5.69 Å². The molecule has 0 fully saturated rings. The molecule has 4 aromatic rings. The summed E-state index contributed by atoms with van der Waals surface area (Å²) in [4.78, 5) is 32.6. The van der Waals surface area contributed by atoms with Gasteiger partial charge in [0.1, 0.15) is 11.5 Å². The summed E-state index contributed by atoms with van der Waals surface area (Å²) in [6.45, 7) is 4.07. The zero-order valence-electron chi connectivity index (χ0n) is 18.9. The Morgan fingerprint density at radius 1 is 1.00 bits per heavy atom. The molecular weight excluding hydrogens is 463 g/mol. The van der Waals surface area contributed by atoms with Crippen LogP contribution in [0.1, 0.15) is 19.4 Å². The number of alkyl halides is 3. The number of imidazole rings is 1. The minimum Gasteiger partial charge on any atom is -0.443 e. The standard InChI is InChI=1S/C24H20F3N5O3/c1-14-6-4-7-15(12-14)19-20(32-18(31-19)8-5-10-29-32)16-9-11-28-17(13-16)30-21(33)23(2,3)35-22(34)24(25,26)27/h4-13H,1-3H3,(H,28,30,33). The van der Waals surface area contributed by atoms with Gasteiger partial charge in [0.25, 0.3) is 5.91 Å². The predicted molar refractivity (Wildman–Crippen MR) is 121 cm³/mol. The number of ether oxygens (including phenoxy) is 1. The maximum Gasteiger partial charge on any atom is 0.490 e. The minimum atomic E-state index is -5.22. The first kappa shape index (κ1) is 23.9. The molecule has 0 aliphatic rings. The highest BCUT2D eigenvalue weighted by molar-refractivity contribution is 5.98. The Bertz CT molecular complexity index is 1430. The Hall–Kier alpha value is -4.28. The quantitative estimate of drug-likeness (QED) is 0.417. The molecular formula is C24H20F3N5O3. The number of fused-ring (bicyclic) bond motifs is 1. The number of aryl methyl sites for hydroxylation is 1. The summed E-state index contributed by atoms with van der Waals surface area (Å²) in [5.74, 6) is -3.39. The number of hydrogen-bond donors (Lipinski definition) is 1. The third-order valence-electron chi connectivity index (χ3n) is 5.09. The number of benzene rings is 1. The normalized spacial score (nSPS) is 11.9. The van der Waals surface area contributed by atoms with Crippen LogP contribution in [0.2, 0.25) is 0 Å². The van der Waals surface area contributed by atoms with Gasteiger partial charge in [-0.15, -0.1) is 0 Å². The van der Waals surface area contributed by atoms with Crippen molar-refractivity contribution in [3.8, 4) is 22.5 Å². The lowest BCUT2D eigenvalue weighted by atomic mass is 10.0. The fourth-order valence-corrected chi connectivity index (χ4v) is 3.39. The Balaban J connectivity index is 1.71. The number of carbonyl (C=O) groups excluding carboxylic acids is 2. The number of carbonyl (C=O) groups is 2. The Kier molecular flexibility index (Phi) is 6.01. The van der Waals surface area contributed by atoms with Gasteiger partial charge < -0.3 is 10.1 Å². The molecule has 0 saturated carbocycles. The molecule has 0 atom stereocenters. The monoisotopic (exact) mass is 483 g/mol. The highest BCUT2D eigenvalue weighted by Gasteiger charge is 2.46. The maximum atomic E-state index is 12.6. The number of rotatable bonds is 5. The van der Waals surface area contributed by atoms with Crippen LogP contribution in [0, 0.1) is 6.92 Å². The average Bonchev–Trinajstić information content (AvgIpc) is 3.18. The summed E-state index contributed by atoms with van der Waals surface area (Å²) < 4.78 is 43.7. The van der Waals surface area contributed by atoms with E-state index in [4.69, 9.17) is 4.98 Å². The summed E-state index contributed by atoms with van der Waals surface area (Å²) in [5.41, 5.74) is 2.28. The van der Waals surface area contributed by atoms with Crippen molar-refractivity contribution >= 4 is 23.3 Å². The third kappa shape index (κ3) is 4.98. The smallest absolute Gasteiger partial charge is 0.443 e. The van der Waals surface area contributed by atoms with Crippen LogP contribution in [0.3, 0.4) is 0 Å². The Labute approximate surface area is 197 Å². The molecule has 0 aliphatic heterocycles. The van der Waals surface area contributed by atoms with Crippen LogP contribution < -0.4 is 5.32 Å². The van der Waals surface area contributed by atoms with E-state index in [1.165, 1.54) is 12.3 Å². The predicted octanol–water partition coefficient (Wildman–Crippen LogP) is 4.59. The molecule has 0 saturated heterocycles. The molecule has 0 bridgehead atoms. The number of anilines is 1. The third-order valence-corrected chi connectivity index (χ3v) is 5.09. The van der Waals surface area contributed by atoms with Gasteiger partial charge >= 0.3 is 12.1 Å². The van der Waals surface area contributed by atoms with Crippen molar-refractivity contribution in [2.75, 3.05) is 5.32 Å². The molecule has 35 heavy (non-hydrogen) atoms. The Morgan fingerprint density at radius 2 is 1.77 bits per heavy atom. The second-order valence-corrected chi connectivity index (χ2v) is 8.25. The lowest BCUT2D eigenvalue weighted by Crippen LogP contribution is -2.44. The van der Waals surface area contributed by atoms with Crippen molar-refractivity contribution in [3.63, 3.8) is 0 Å². The van der Waals surface area contributed by atoms with E-state index in [9.17, 15) is 22.8 Å². The fourth-order valence-electron chi connectivity index (χ4n) is 3.39. The van der Waals surface area contributed by atoms with Gasteiger partial charge in [0.15, 0.2) is 11.2 Å². The number of nitrogens with one attached hydrogen (secondary N) is 1. The first-order valence-corrected chi connectivity index (χ1v) is 10.4. The largest absolute Gasteiger partial charge is 0.490 e. The molecule has 180 valence electrons. The first-order chi connectivity index (χ1) is 16.5. The molecule has 1 aromatic carbocycles. The van der Waals surface area contributed by atoms with Crippen LogP contribution in [0.25, 0.3) is 28.2 Å². The molecule has 8 nitrogen and oxygen atoms in total. The SMILES string of the molecule is Cc1cccc(-c2nc3cccnn3c2-c2ccnc(NC(=O)C(C)(C)OC(=O)C(F)(F)F)c2)c1. The van der Waals surface area contributed by atoms with Crippen molar-refractivity contribution in [3.05, 3.63) is 66.5 Å². The molecule has 0 spiro atoms. The van der Waals surface area contributed by atoms with Crippen LogP contribution in [0.5, 0.6) is 0 Å². The van der Waals surface area contributed by atoms with Crippen LogP contribution in [-0.4, -0.2) is 43.2 Å². The van der Waals surface area contributed by atoms with Crippen LogP contribution >= 0.6 is 0 Å². The molecule has 1 amide bonds. The first-order valence-electron chi connectivity index (χ1n) is 10.4. The zero-order valence-corrected chi connectivity index (χ0v) is 18.9. The van der Waals surface area contributed by atoms with Gasteiger partial charge in [-0.2, -0.15) is 18.3 Å². The molecule has 4 rings (SSSR count). The van der Waals surface area contributed by atoms with Gasteiger partial charge in [-0.3, -0.25) is 4.79 Å². The van der Waals surface area contributed by atoms with Crippen LogP contribution in [-0.2, 0) is 14.3 Å². The van der Waals surface area contributed by atoms with E-state index in [0.29, 0.717) is 22.6 Å². The van der Waals surface area contributed by atoms with Gasteiger partial charge in [0, 0.05) is 23.5 Å². The highest BCUT2D eigenvalue weighted by atomic mass is 19.4. The number of esters is 1. The summed E-state index contributed by atoms with van der Waals surface area (Å²) in [5, 5.41) is 6.81. The zero-order chi connectivity index (χ0) is 25.4. The number of halogens is 3. The van der Waals surface area contributed by atoms with Crippen molar-refractivity contribution < 1.29 is 27.5 Å². The molecule has 3 heterocycles. The molecule has 1 N–H and O–H groups in total. The summed E-state index contributed by atoms with van der Waals surface area (Å²) in [6.07, 6.45) is -2.18. The Morgan fingerprint density at radius 3 is 2.49 bits per heavy atom. The van der Waals surface area contributed by atoms with E-state index in [2.05, 4.69) is 20.1 Å². The highest BCUT2D eigenvalue weighted by Crippen LogP contribution is 2.33. The van der Waals surface area contributed by atoms with Crippen LogP contribution in [0.15, 0.2) is 60.9 Å². The molecule has 0 aliphatic carbocycles. The lowest BCUT2D eigenvalue weighted by Gasteiger charge is -2.24. The number of amides is 1. The number of hydrogen-bond acceptors (Lipinski definition) is 6. The lowest BCUT2D eigenvalue weighted by molar-refractivity contribution is -0.211. The van der Waals surface area contributed by atoms with Crippen LogP contribution in [0.4, 0.5) is 19.0 Å². The molecule has 0 unspecified atom stereocenters. The fraction of sp³-hybridized carbons (Fsp3) is 0.208. The molecule has 0 radical (unpaired) electrons. The second kappa shape index (κ2) is 8.82. The number of pyridine rings is 1.